The van der Waals surface area contributed by atoms with Crippen molar-refractivity contribution in [3.05, 3.63) is 17.7 Å². The molecule has 0 bridgehead atoms. The van der Waals surface area contributed by atoms with Crippen LogP contribution in [0.4, 0.5) is 5.69 Å². The zero-order valence-corrected chi connectivity index (χ0v) is 10.4. The predicted octanol–water partition coefficient (Wildman–Crippen LogP) is 0.715. The summed E-state index contributed by atoms with van der Waals surface area (Å²) in [5.41, 5.74) is 0.866. The molecule has 6 nitrogen and oxygen atoms in total. The number of amides is 1. The maximum atomic E-state index is 11.8. The number of nitrogens with zero attached hydrogens (tertiary/aromatic N) is 1. The van der Waals surface area contributed by atoms with Crippen molar-refractivity contribution in [2.75, 3.05) is 18.2 Å². The number of aliphatic hydroxyl groups excluding tert-OH is 1. The summed E-state index contributed by atoms with van der Waals surface area (Å²) in [5, 5.41) is 9.55. The van der Waals surface area contributed by atoms with Gasteiger partial charge in [-0.2, -0.15) is 0 Å². The molecule has 1 unspecified atom stereocenters. The minimum atomic E-state index is -0.697. The van der Waals surface area contributed by atoms with Gasteiger partial charge in [-0.25, -0.2) is 0 Å². The van der Waals surface area contributed by atoms with Gasteiger partial charge in [-0.15, -0.1) is 0 Å². The van der Waals surface area contributed by atoms with Gasteiger partial charge in [0.2, 0.25) is 12.7 Å². The maximum Gasteiger partial charge on any atom is 0.231 e. The van der Waals surface area contributed by atoms with Crippen molar-refractivity contribution in [1.82, 2.24) is 0 Å². The number of aliphatic hydroxyl groups is 1. The molecule has 1 atom stereocenters. The van der Waals surface area contributed by atoms with Crippen molar-refractivity contribution in [1.29, 1.82) is 0 Å². The zero-order valence-electron chi connectivity index (χ0n) is 10.4. The number of β-amino-alcohol motifs (C(OH)–C–C–N with tert-alkyl or cyclic N) is 1. The third-order valence-electron chi connectivity index (χ3n) is 3.27. The highest BCUT2D eigenvalue weighted by Crippen LogP contribution is 2.39. The van der Waals surface area contributed by atoms with Gasteiger partial charge in [-0.1, -0.05) is 0 Å². The first kappa shape index (κ1) is 12.0. The molecule has 3 rings (SSSR count). The van der Waals surface area contributed by atoms with E-state index >= 15 is 0 Å². The van der Waals surface area contributed by atoms with Crippen molar-refractivity contribution in [2.24, 2.45) is 0 Å². The zero-order chi connectivity index (χ0) is 13.6. The predicted molar refractivity (Wildman–Crippen MR) is 65.5 cm³/mol. The van der Waals surface area contributed by atoms with E-state index in [9.17, 15) is 14.7 Å². The Morgan fingerprint density at radius 2 is 2.05 bits per heavy atom. The molecule has 1 amide bonds. The fourth-order valence-electron chi connectivity index (χ4n) is 2.36. The van der Waals surface area contributed by atoms with Gasteiger partial charge in [-0.05, 0) is 13.0 Å². The van der Waals surface area contributed by atoms with Crippen molar-refractivity contribution in [3.63, 3.8) is 0 Å². The van der Waals surface area contributed by atoms with Crippen LogP contribution >= 0.6 is 0 Å². The Labute approximate surface area is 109 Å². The van der Waals surface area contributed by atoms with Gasteiger partial charge in [0.05, 0.1) is 24.8 Å². The molecule has 1 aromatic carbocycles. The quantitative estimate of drug-likeness (QED) is 0.795. The number of ketones is 1. The number of hydrogen-bond donors (Lipinski definition) is 1. The van der Waals surface area contributed by atoms with Gasteiger partial charge >= 0.3 is 0 Å². The van der Waals surface area contributed by atoms with Gasteiger partial charge in [0.15, 0.2) is 17.3 Å². The number of fused-ring (bicyclic) bond motifs is 1. The first-order chi connectivity index (χ1) is 9.06. The first-order valence-corrected chi connectivity index (χ1v) is 5.99. The van der Waals surface area contributed by atoms with Crippen molar-refractivity contribution in [2.45, 2.75) is 19.4 Å². The Balaban J connectivity index is 2.09. The van der Waals surface area contributed by atoms with Gasteiger partial charge in [0.1, 0.15) is 0 Å². The third-order valence-corrected chi connectivity index (χ3v) is 3.27. The summed E-state index contributed by atoms with van der Waals surface area (Å²) < 4.78 is 10.5. The number of Topliss-reactive ketones (excluding diaryl/α,β-unsaturated/α-hetero) is 1. The number of ether oxygens (including phenoxy) is 2. The molecule has 2 aliphatic rings. The molecule has 1 aromatic rings. The average molecular weight is 263 g/mol. The molecule has 100 valence electrons. The van der Waals surface area contributed by atoms with E-state index in [1.165, 1.54) is 11.8 Å². The Morgan fingerprint density at radius 3 is 2.63 bits per heavy atom. The number of hydrogen-bond acceptors (Lipinski definition) is 5. The molecule has 19 heavy (non-hydrogen) atoms. The van der Waals surface area contributed by atoms with Crippen LogP contribution in [0.25, 0.3) is 0 Å². The van der Waals surface area contributed by atoms with Crippen LogP contribution in [0.1, 0.15) is 23.7 Å². The lowest BCUT2D eigenvalue weighted by molar-refractivity contribution is -0.117. The summed E-state index contributed by atoms with van der Waals surface area (Å²) in [6.07, 6.45) is -0.621. The topological polar surface area (TPSA) is 76.1 Å². The second-order valence-electron chi connectivity index (χ2n) is 4.64. The second-order valence-corrected chi connectivity index (χ2v) is 4.64. The highest BCUT2D eigenvalue weighted by atomic mass is 16.7. The normalized spacial score (nSPS) is 21.1. The van der Waals surface area contributed by atoms with Crippen LogP contribution in [0.3, 0.4) is 0 Å². The third kappa shape index (κ3) is 1.94. The largest absolute Gasteiger partial charge is 0.454 e. The Hall–Kier alpha value is -2.08. The van der Waals surface area contributed by atoms with Crippen LogP contribution in [-0.2, 0) is 4.79 Å². The molecule has 1 N–H and O–H groups in total. The van der Waals surface area contributed by atoms with E-state index in [1.54, 1.807) is 12.1 Å². The van der Waals surface area contributed by atoms with E-state index in [2.05, 4.69) is 0 Å². The van der Waals surface area contributed by atoms with Crippen LogP contribution in [0.5, 0.6) is 11.5 Å². The molecule has 6 heteroatoms. The molecule has 2 aliphatic heterocycles. The van der Waals surface area contributed by atoms with Crippen molar-refractivity contribution < 1.29 is 24.2 Å². The fourth-order valence-corrected chi connectivity index (χ4v) is 2.36. The minimum Gasteiger partial charge on any atom is -0.454 e. The Bertz CT molecular complexity index is 568. The molecule has 1 saturated heterocycles. The maximum absolute atomic E-state index is 11.8. The lowest BCUT2D eigenvalue weighted by Crippen LogP contribution is -2.26. The van der Waals surface area contributed by atoms with Gasteiger partial charge < -0.3 is 19.5 Å². The molecule has 2 heterocycles. The number of carbonyl (C=O) groups excluding carboxylic acids is 2. The molecule has 0 radical (unpaired) electrons. The summed E-state index contributed by atoms with van der Waals surface area (Å²) in [6, 6.07) is 3.20. The molecule has 1 fully saturated rings. The Kier molecular flexibility index (Phi) is 2.67. The van der Waals surface area contributed by atoms with E-state index in [1.807, 2.05) is 0 Å². The van der Waals surface area contributed by atoms with Crippen LogP contribution in [0.15, 0.2) is 12.1 Å². The highest BCUT2D eigenvalue weighted by molar-refractivity contribution is 6.06. The SMILES string of the molecule is CC(=O)c1cc2c(cc1N1CC(O)CC1=O)OCO2. The van der Waals surface area contributed by atoms with E-state index in [4.69, 9.17) is 9.47 Å². The fraction of sp³-hybridized carbons (Fsp3) is 0.385. The number of benzene rings is 1. The lowest BCUT2D eigenvalue weighted by Gasteiger charge is -2.19. The highest BCUT2D eigenvalue weighted by Gasteiger charge is 2.32. The smallest absolute Gasteiger partial charge is 0.231 e. The van der Waals surface area contributed by atoms with E-state index < -0.39 is 6.10 Å². The lowest BCUT2D eigenvalue weighted by atomic mass is 10.1. The average Bonchev–Trinajstić information content (AvgIpc) is 2.92. The summed E-state index contributed by atoms with van der Waals surface area (Å²) in [7, 11) is 0. The van der Waals surface area contributed by atoms with Gasteiger partial charge in [-0.3, -0.25) is 9.59 Å². The first-order valence-electron chi connectivity index (χ1n) is 5.99. The molecular formula is C13H13NO5. The molecule has 0 aromatic heterocycles. The van der Waals surface area contributed by atoms with Crippen molar-refractivity contribution in [3.8, 4) is 11.5 Å². The van der Waals surface area contributed by atoms with Crippen LogP contribution in [0.2, 0.25) is 0 Å². The number of carbonyl (C=O) groups is 2. The van der Waals surface area contributed by atoms with E-state index in [0.29, 0.717) is 22.7 Å². The van der Waals surface area contributed by atoms with Gasteiger partial charge in [0.25, 0.3) is 0 Å². The van der Waals surface area contributed by atoms with Crippen molar-refractivity contribution >= 4 is 17.4 Å². The van der Waals surface area contributed by atoms with E-state index in [-0.39, 0.29) is 31.4 Å². The number of anilines is 1. The number of rotatable bonds is 2. The summed E-state index contributed by atoms with van der Waals surface area (Å²) in [5.74, 6) is 0.645. The van der Waals surface area contributed by atoms with Crippen LogP contribution in [0, 0.1) is 0 Å². The van der Waals surface area contributed by atoms with Gasteiger partial charge in [0, 0.05) is 11.6 Å². The molecular weight excluding hydrogens is 250 g/mol. The van der Waals surface area contributed by atoms with Crippen LogP contribution < -0.4 is 14.4 Å². The molecule has 0 saturated carbocycles. The van der Waals surface area contributed by atoms with Crippen LogP contribution in [-0.4, -0.2) is 36.2 Å². The summed E-state index contributed by atoms with van der Waals surface area (Å²) in [4.78, 5) is 25.0. The summed E-state index contributed by atoms with van der Waals surface area (Å²) >= 11 is 0. The van der Waals surface area contributed by atoms with E-state index in [0.717, 1.165) is 0 Å². The summed E-state index contributed by atoms with van der Waals surface area (Å²) in [6.45, 7) is 1.73. The minimum absolute atomic E-state index is 0.0752. The molecule has 0 aliphatic carbocycles. The Morgan fingerprint density at radius 1 is 1.37 bits per heavy atom. The second kappa shape index (κ2) is 4.24. The molecule has 0 spiro atoms. The monoisotopic (exact) mass is 263 g/mol. The standard InChI is InChI=1S/C13H13NO5/c1-7(15)9-3-11-12(19-6-18-11)4-10(9)14-5-8(16)2-13(14)17/h3-4,8,16H,2,5-6H2,1H3.